The molecule has 0 aliphatic carbocycles. The third-order valence-electron chi connectivity index (χ3n) is 3.54. The van der Waals surface area contributed by atoms with Crippen molar-refractivity contribution >= 4 is 17.0 Å². The van der Waals surface area contributed by atoms with Gasteiger partial charge < -0.3 is 5.73 Å². The summed E-state index contributed by atoms with van der Waals surface area (Å²) in [5.41, 5.74) is 12.3. The van der Waals surface area contributed by atoms with Crippen LogP contribution in [-0.2, 0) is 6.54 Å². The lowest BCUT2D eigenvalue weighted by atomic mass is 10.0. The Morgan fingerprint density at radius 1 is 0.931 bits per heavy atom. The van der Waals surface area contributed by atoms with Crippen molar-refractivity contribution in [3.05, 3.63) is 89.8 Å². The predicted octanol–water partition coefficient (Wildman–Crippen LogP) is 7.07. The average Bonchev–Trinajstić information content (AvgIpc) is 2.76. The van der Waals surface area contributed by atoms with E-state index in [1.807, 2.05) is 71.0 Å². The first-order valence-corrected chi connectivity index (χ1v) is 10.3. The highest BCUT2D eigenvalue weighted by Gasteiger charge is 2.03. The van der Waals surface area contributed by atoms with Crippen molar-refractivity contribution in [3.63, 3.8) is 0 Å². The Labute approximate surface area is 177 Å². The van der Waals surface area contributed by atoms with Gasteiger partial charge in [0.2, 0.25) is 0 Å². The first kappa shape index (κ1) is 26.2. The lowest BCUT2D eigenvalue weighted by molar-refractivity contribution is 0.981. The van der Waals surface area contributed by atoms with Gasteiger partial charge in [0.15, 0.2) is 0 Å². The van der Waals surface area contributed by atoms with Crippen LogP contribution in [0.15, 0.2) is 77.8 Å². The molecule has 1 aromatic heterocycles. The standard InChI is InChI=1S/C22H25N3.2C2H6/c1-16(2)13-20(19-9-6-5-7-10-19)14-17(3)24-18(4)22-12-8-11-21(15-23)25-22;2*1-2/h5-14H,4,15,23H2,1-3H3;2*1-2H3/b20-14+,24-17?;;. The SMILES string of the molecule is C=C(N=C(C)/C=C(\C=C(C)C)c1ccccc1)c1cccc(CN)n1.CC.CC. The van der Waals surface area contributed by atoms with Crippen molar-refractivity contribution in [2.75, 3.05) is 0 Å². The first-order valence-electron chi connectivity index (χ1n) is 10.3. The smallest absolute Gasteiger partial charge is 0.0884 e. The number of nitrogens with zero attached hydrogens (tertiary/aromatic N) is 2. The maximum absolute atomic E-state index is 5.65. The first-order chi connectivity index (χ1) is 14.0. The van der Waals surface area contributed by atoms with Crippen molar-refractivity contribution in [1.29, 1.82) is 0 Å². The van der Waals surface area contributed by atoms with Crippen LogP contribution in [0.25, 0.3) is 11.3 Å². The summed E-state index contributed by atoms with van der Waals surface area (Å²) in [7, 11) is 0. The summed E-state index contributed by atoms with van der Waals surface area (Å²) >= 11 is 0. The summed E-state index contributed by atoms with van der Waals surface area (Å²) in [5, 5.41) is 0. The predicted molar refractivity (Wildman–Crippen MR) is 131 cm³/mol. The van der Waals surface area contributed by atoms with Crippen molar-refractivity contribution < 1.29 is 0 Å². The summed E-state index contributed by atoms with van der Waals surface area (Å²) in [6.07, 6.45) is 4.23. The maximum Gasteiger partial charge on any atom is 0.0884 e. The molecule has 2 N–H and O–H groups in total. The van der Waals surface area contributed by atoms with Crippen molar-refractivity contribution in [2.45, 2.75) is 55.0 Å². The molecule has 0 saturated heterocycles. The topological polar surface area (TPSA) is 51.3 Å². The zero-order valence-corrected chi connectivity index (χ0v) is 19.2. The number of allylic oxidation sites excluding steroid dienone is 4. The summed E-state index contributed by atoms with van der Waals surface area (Å²) in [4.78, 5) is 9.07. The number of pyridine rings is 1. The largest absolute Gasteiger partial charge is 0.325 e. The third-order valence-corrected chi connectivity index (χ3v) is 3.54. The van der Waals surface area contributed by atoms with E-state index < -0.39 is 0 Å². The minimum atomic E-state index is 0.405. The zero-order valence-electron chi connectivity index (χ0n) is 19.2. The van der Waals surface area contributed by atoms with Crippen LogP contribution in [0.3, 0.4) is 0 Å². The Kier molecular flexibility index (Phi) is 13.7. The molecule has 1 heterocycles. The summed E-state index contributed by atoms with van der Waals surface area (Å²) in [6, 6.07) is 16.0. The van der Waals surface area contributed by atoms with Gasteiger partial charge in [-0.3, -0.25) is 4.99 Å². The Hall–Kier alpha value is -2.78. The molecule has 0 fully saturated rings. The number of hydrogen-bond acceptors (Lipinski definition) is 3. The van der Waals surface area contributed by atoms with Gasteiger partial charge in [-0.1, -0.05) is 82.3 Å². The van der Waals surface area contributed by atoms with Gasteiger partial charge in [0.05, 0.1) is 17.1 Å². The quantitative estimate of drug-likeness (QED) is 0.423. The van der Waals surface area contributed by atoms with Gasteiger partial charge in [0, 0.05) is 12.3 Å². The van der Waals surface area contributed by atoms with Gasteiger partial charge in [0.25, 0.3) is 0 Å². The number of benzene rings is 1. The number of nitrogens with two attached hydrogens (primary N) is 1. The number of hydrogen-bond donors (Lipinski definition) is 1. The fraction of sp³-hybridized carbons (Fsp3) is 0.308. The molecule has 2 aromatic rings. The van der Waals surface area contributed by atoms with E-state index in [4.69, 9.17) is 5.73 Å². The highest BCUT2D eigenvalue weighted by atomic mass is 14.8. The van der Waals surface area contributed by atoms with Gasteiger partial charge >= 0.3 is 0 Å². The van der Waals surface area contributed by atoms with E-state index in [0.29, 0.717) is 12.2 Å². The fourth-order valence-corrected chi connectivity index (χ4v) is 2.43. The normalized spacial score (nSPS) is 10.8. The van der Waals surface area contributed by atoms with Gasteiger partial charge in [0.1, 0.15) is 0 Å². The van der Waals surface area contributed by atoms with E-state index in [1.54, 1.807) is 0 Å². The van der Waals surface area contributed by atoms with Crippen LogP contribution < -0.4 is 5.73 Å². The molecule has 0 aliphatic heterocycles. The van der Waals surface area contributed by atoms with Crippen LogP contribution in [0.5, 0.6) is 0 Å². The molecule has 156 valence electrons. The van der Waals surface area contributed by atoms with Gasteiger partial charge in [-0.05, 0) is 50.1 Å². The zero-order chi connectivity index (χ0) is 22.2. The number of rotatable bonds is 6. The molecule has 0 spiro atoms. The van der Waals surface area contributed by atoms with Crippen LogP contribution in [-0.4, -0.2) is 10.7 Å². The number of aromatic nitrogens is 1. The molecule has 0 saturated carbocycles. The van der Waals surface area contributed by atoms with Crippen LogP contribution >= 0.6 is 0 Å². The van der Waals surface area contributed by atoms with Crippen molar-refractivity contribution in [2.24, 2.45) is 10.7 Å². The molecule has 0 amide bonds. The second kappa shape index (κ2) is 15.2. The van der Waals surface area contributed by atoms with E-state index in [2.05, 4.69) is 54.7 Å². The lowest BCUT2D eigenvalue weighted by Crippen LogP contribution is -2.01. The monoisotopic (exact) mass is 391 g/mol. The van der Waals surface area contributed by atoms with Crippen LogP contribution in [0.1, 0.15) is 65.4 Å². The molecule has 1 aromatic carbocycles. The highest BCUT2D eigenvalue weighted by molar-refractivity contribution is 6.03. The van der Waals surface area contributed by atoms with Crippen LogP contribution in [0, 0.1) is 0 Å². The molecule has 0 aliphatic rings. The summed E-state index contributed by atoms with van der Waals surface area (Å²) in [5.74, 6) is 0. The molecular formula is C26H37N3. The summed E-state index contributed by atoms with van der Waals surface area (Å²) in [6.45, 7) is 18.6. The molecule has 3 heteroatoms. The molecule has 0 unspecified atom stereocenters. The number of aliphatic imine (C=N–C) groups is 1. The highest BCUT2D eigenvalue weighted by Crippen LogP contribution is 2.19. The van der Waals surface area contributed by atoms with Crippen molar-refractivity contribution in [1.82, 2.24) is 4.98 Å². The Morgan fingerprint density at radius 2 is 1.55 bits per heavy atom. The van der Waals surface area contributed by atoms with Crippen LogP contribution in [0.4, 0.5) is 0 Å². The molecule has 0 radical (unpaired) electrons. The molecule has 0 atom stereocenters. The third kappa shape index (κ3) is 9.82. The maximum atomic E-state index is 5.65. The second-order valence-electron chi connectivity index (χ2n) is 6.11. The lowest BCUT2D eigenvalue weighted by Gasteiger charge is -2.06. The van der Waals surface area contributed by atoms with Gasteiger partial charge in [-0.15, -0.1) is 0 Å². The van der Waals surface area contributed by atoms with E-state index >= 15 is 0 Å². The Morgan fingerprint density at radius 3 is 2.10 bits per heavy atom. The molecule has 0 bridgehead atoms. The van der Waals surface area contributed by atoms with Gasteiger partial charge in [-0.25, -0.2) is 4.98 Å². The van der Waals surface area contributed by atoms with Crippen LogP contribution in [0.2, 0.25) is 0 Å². The molecule has 2 rings (SSSR count). The molecule has 29 heavy (non-hydrogen) atoms. The van der Waals surface area contributed by atoms with E-state index in [0.717, 1.165) is 28.2 Å². The fourth-order valence-electron chi connectivity index (χ4n) is 2.43. The second-order valence-corrected chi connectivity index (χ2v) is 6.11. The Bertz CT molecular complexity index is 824. The average molecular weight is 392 g/mol. The van der Waals surface area contributed by atoms with Crippen molar-refractivity contribution in [3.8, 4) is 0 Å². The summed E-state index contributed by atoms with van der Waals surface area (Å²) < 4.78 is 0. The minimum Gasteiger partial charge on any atom is -0.325 e. The van der Waals surface area contributed by atoms with E-state index in [1.165, 1.54) is 5.57 Å². The van der Waals surface area contributed by atoms with E-state index in [9.17, 15) is 0 Å². The molecule has 3 nitrogen and oxygen atoms in total. The Balaban J connectivity index is 0.00000184. The van der Waals surface area contributed by atoms with E-state index in [-0.39, 0.29) is 0 Å². The van der Waals surface area contributed by atoms with Gasteiger partial charge in [-0.2, -0.15) is 0 Å². The minimum absolute atomic E-state index is 0.405. The molecular weight excluding hydrogens is 354 g/mol.